The van der Waals surface area contributed by atoms with Gasteiger partial charge in [-0.15, -0.1) is 0 Å². The summed E-state index contributed by atoms with van der Waals surface area (Å²) in [6.07, 6.45) is 4.07. The normalized spacial score (nSPS) is 20.8. The first-order valence-corrected chi connectivity index (χ1v) is 12.0. The van der Waals surface area contributed by atoms with Crippen LogP contribution in [-0.4, -0.2) is 8.80 Å². The van der Waals surface area contributed by atoms with E-state index < -0.39 is 20.4 Å². The zero-order chi connectivity index (χ0) is 17.8. The number of hydrogen-bond donors (Lipinski definition) is 0. The van der Waals surface area contributed by atoms with Gasteiger partial charge in [0.1, 0.15) is 0 Å². The van der Waals surface area contributed by atoms with Crippen LogP contribution in [0.15, 0.2) is 42.5 Å². The molecule has 0 atom stereocenters. The van der Waals surface area contributed by atoms with Gasteiger partial charge in [0.15, 0.2) is 11.6 Å². The summed E-state index contributed by atoms with van der Waals surface area (Å²) in [4.78, 5) is 0. The predicted molar refractivity (Wildman–Crippen MR) is 105 cm³/mol. The first-order chi connectivity index (χ1) is 12.0. The molecule has 0 nitrogen and oxygen atoms in total. The zero-order valence-corrected chi connectivity index (χ0v) is 16.4. The Kier molecular flexibility index (Phi) is 6.05. The Labute approximate surface area is 151 Å². The molecule has 0 amide bonds. The molecule has 0 aromatic heterocycles. The molecule has 0 bridgehead atoms. The smallest absolute Gasteiger partial charge is 0.159 e. The fourth-order valence-corrected chi connectivity index (χ4v) is 7.73. The Morgan fingerprint density at radius 1 is 0.920 bits per heavy atom. The van der Waals surface area contributed by atoms with Crippen LogP contribution in [0.5, 0.6) is 0 Å². The molecule has 0 aliphatic carbocycles. The van der Waals surface area contributed by atoms with Gasteiger partial charge in [-0.05, 0) is 53.5 Å². The average molecular weight is 359 g/mol. The van der Waals surface area contributed by atoms with Crippen molar-refractivity contribution in [2.24, 2.45) is 5.92 Å². The van der Waals surface area contributed by atoms with Crippen LogP contribution in [-0.2, 0) is 0 Å². The Morgan fingerprint density at radius 2 is 1.56 bits per heavy atom. The van der Waals surface area contributed by atoms with Crippen molar-refractivity contribution >= 4 is 8.80 Å². The van der Waals surface area contributed by atoms with E-state index in [1.165, 1.54) is 55.1 Å². The Morgan fingerprint density at radius 3 is 2.16 bits per heavy atom. The van der Waals surface area contributed by atoms with Crippen LogP contribution in [0.1, 0.15) is 44.6 Å². The van der Waals surface area contributed by atoms with Gasteiger partial charge in [0.2, 0.25) is 0 Å². The van der Waals surface area contributed by atoms with E-state index in [0.717, 1.165) is 17.0 Å². The van der Waals surface area contributed by atoms with Gasteiger partial charge in [-0.3, -0.25) is 0 Å². The molecular weight excluding hydrogens is 330 g/mol. The van der Waals surface area contributed by atoms with Crippen LogP contribution in [0, 0.1) is 17.6 Å². The molecule has 1 fully saturated rings. The number of halogens is 2. The molecule has 25 heavy (non-hydrogen) atoms. The summed E-state index contributed by atoms with van der Waals surface area (Å²) in [6.45, 7) is 4.66. The monoisotopic (exact) mass is 358 g/mol. The van der Waals surface area contributed by atoms with Crippen molar-refractivity contribution in [2.75, 3.05) is 0 Å². The molecule has 1 aliphatic rings. The highest BCUT2D eigenvalue weighted by Gasteiger charge is 2.23. The Hall–Kier alpha value is -1.48. The first-order valence-electron chi connectivity index (χ1n) is 9.58. The standard InChI is InChI=1S/C22H28F2Si/c1-16(2)9-12-25-13-10-19(11-14-25)17-3-5-18(6-4-17)20-7-8-21(23)22(24)15-20/h3-8,15-16,19,25H,9-14H2,1-2H3. The molecule has 2 aromatic carbocycles. The minimum Gasteiger partial charge on any atom is -0.204 e. The lowest BCUT2D eigenvalue weighted by Gasteiger charge is -2.28. The van der Waals surface area contributed by atoms with E-state index in [9.17, 15) is 8.78 Å². The Bertz CT molecular complexity index is 686. The molecule has 1 saturated heterocycles. The van der Waals surface area contributed by atoms with Crippen molar-refractivity contribution in [3.05, 3.63) is 59.7 Å². The summed E-state index contributed by atoms with van der Waals surface area (Å²) in [7, 11) is -0.491. The lowest BCUT2D eigenvalue weighted by molar-refractivity contribution is 0.509. The van der Waals surface area contributed by atoms with Gasteiger partial charge in [-0.25, -0.2) is 8.78 Å². The third kappa shape index (κ3) is 4.78. The third-order valence-electron chi connectivity index (χ3n) is 5.63. The van der Waals surface area contributed by atoms with Crippen LogP contribution in [0.4, 0.5) is 8.78 Å². The molecule has 2 aromatic rings. The third-order valence-corrected chi connectivity index (χ3v) is 9.08. The summed E-state index contributed by atoms with van der Waals surface area (Å²) in [5.74, 6) is -0.0547. The predicted octanol–water partition coefficient (Wildman–Crippen LogP) is 6.78. The van der Waals surface area contributed by atoms with Gasteiger partial charge >= 0.3 is 0 Å². The van der Waals surface area contributed by atoms with Crippen molar-refractivity contribution in [3.63, 3.8) is 0 Å². The lowest BCUT2D eigenvalue weighted by atomic mass is 9.92. The van der Waals surface area contributed by atoms with Crippen LogP contribution < -0.4 is 0 Å². The van der Waals surface area contributed by atoms with E-state index in [0.29, 0.717) is 5.92 Å². The highest BCUT2D eigenvalue weighted by Crippen LogP contribution is 2.36. The zero-order valence-electron chi connectivity index (χ0n) is 15.3. The van der Waals surface area contributed by atoms with E-state index in [4.69, 9.17) is 0 Å². The molecule has 3 heteroatoms. The molecule has 0 radical (unpaired) electrons. The quantitative estimate of drug-likeness (QED) is 0.517. The van der Waals surface area contributed by atoms with Crippen LogP contribution in [0.3, 0.4) is 0 Å². The van der Waals surface area contributed by atoms with Crippen molar-refractivity contribution in [1.29, 1.82) is 0 Å². The fraction of sp³-hybridized carbons (Fsp3) is 0.455. The molecule has 0 unspecified atom stereocenters. The molecule has 3 rings (SSSR count). The summed E-state index contributed by atoms with van der Waals surface area (Å²) in [5, 5.41) is 0. The second-order valence-electron chi connectivity index (χ2n) is 7.94. The second kappa shape index (κ2) is 8.26. The summed E-state index contributed by atoms with van der Waals surface area (Å²) in [5.41, 5.74) is 3.08. The minimum absolute atomic E-state index is 0.491. The van der Waals surface area contributed by atoms with Crippen molar-refractivity contribution in [1.82, 2.24) is 0 Å². The van der Waals surface area contributed by atoms with Crippen LogP contribution in [0.2, 0.25) is 18.1 Å². The van der Waals surface area contributed by atoms with Gasteiger partial charge in [0.25, 0.3) is 0 Å². The molecule has 0 spiro atoms. The van der Waals surface area contributed by atoms with Gasteiger partial charge in [-0.1, -0.05) is 68.7 Å². The van der Waals surface area contributed by atoms with Gasteiger partial charge in [0.05, 0.1) is 0 Å². The molecule has 0 N–H and O–H groups in total. The number of hydrogen-bond acceptors (Lipinski definition) is 0. The SMILES string of the molecule is CC(C)CC[SiH]1CCC(c2ccc(-c3ccc(F)c(F)c3)cc2)CC1. The largest absolute Gasteiger partial charge is 0.204 e. The first kappa shape index (κ1) is 18.3. The van der Waals surface area contributed by atoms with Gasteiger partial charge in [-0.2, -0.15) is 0 Å². The van der Waals surface area contributed by atoms with E-state index >= 15 is 0 Å². The maximum atomic E-state index is 13.4. The van der Waals surface area contributed by atoms with E-state index in [1.807, 2.05) is 12.1 Å². The van der Waals surface area contributed by atoms with Crippen LogP contribution in [0.25, 0.3) is 11.1 Å². The summed E-state index contributed by atoms with van der Waals surface area (Å²) < 4.78 is 26.5. The molecule has 134 valence electrons. The maximum absolute atomic E-state index is 13.4. The number of rotatable bonds is 5. The second-order valence-corrected chi connectivity index (χ2v) is 11.4. The van der Waals surface area contributed by atoms with Crippen molar-refractivity contribution in [2.45, 2.75) is 57.2 Å². The topological polar surface area (TPSA) is 0 Å². The van der Waals surface area contributed by atoms with E-state index in [2.05, 4.69) is 26.0 Å². The van der Waals surface area contributed by atoms with Crippen molar-refractivity contribution < 1.29 is 8.78 Å². The van der Waals surface area contributed by atoms with Crippen molar-refractivity contribution in [3.8, 4) is 11.1 Å². The maximum Gasteiger partial charge on any atom is 0.159 e. The molecule has 1 aliphatic heterocycles. The highest BCUT2D eigenvalue weighted by molar-refractivity contribution is 6.59. The molecule has 1 heterocycles. The minimum atomic E-state index is -0.793. The van der Waals surface area contributed by atoms with Gasteiger partial charge < -0.3 is 0 Å². The van der Waals surface area contributed by atoms with Gasteiger partial charge in [0, 0.05) is 8.80 Å². The summed E-state index contributed by atoms with van der Waals surface area (Å²) >= 11 is 0. The fourth-order valence-electron chi connectivity index (χ4n) is 3.98. The van der Waals surface area contributed by atoms with Crippen LogP contribution >= 0.6 is 0 Å². The van der Waals surface area contributed by atoms with E-state index in [1.54, 1.807) is 6.07 Å². The molecular formula is C22H28F2Si. The average Bonchev–Trinajstić information content (AvgIpc) is 2.63. The highest BCUT2D eigenvalue weighted by atomic mass is 28.3. The summed E-state index contributed by atoms with van der Waals surface area (Å²) in [6, 6.07) is 17.0. The lowest BCUT2D eigenvalue weighted by Crippen LogP contribution is -2.20. The number of benzene rings is 2. The molecule has 0 saturated carbocycles. The Balaban J connectivity index is 1.60. The van der Waals surface area contributed by atoms with E-state index in [-0.39, 0.29) is 0 Å².